The van der Waals surface area contributed by atoms with E-state index in [0.29, 0.717) is 6.42 Å². The normalized spacial score (nSPS) is 16.2. The van der Waals surface area contributed by atoms with E-state index >= 15 is 0 Å². The number of hydrogen-bond donors (Lipinski definition) is 1. The number of allylic oxidation sites excluding steroid dienone is 2. The maximum Gasteiger partial charge on any atom is 0.220 e. The van der Waals surface area contributed by atoms with Gasteiger partial charge < -0.3 is 5.32 Å². The first-order chi connectivity index (χ1) is 9.99. The van der Waals surface area contributed by atoms with Crippen LogP contribution in [0, 0.1) is 11.8 Å². The first-order valence-electron chi connectivity index (χ1n) is 8.50. The predicted molar refractivity (Wildman–Crippen MR) is 87.0 cm³/mol. The van der Waals surface area contributed by atoms with E-state index in [-0.39, 0.29) is 29.6 Å². The van der Waals surface area contributed by atoms with Crippen LogP contribution in [-0.4, -0.2) is 17.7 Å². The molecule has 0 aromatic carbocycles. The van der Waals surface area contributed by atoms with Crippen molar-refractivity contribution in [3.05, 3.63) is 11.6 Å². The van der Waals surface area contributed by atoms with Gasteiger partial charge in [0.25, 0.3) is 0 Å². The molecule has 0 aromatic heterocycles. The molecule has 0 radical (unpaired) electrons. The maximum absolute atomic E-state index is 12.4. The van der Waals surface area contributed by atoms with Crippen molar-refractivity contribution in [2.75, 3.05) is 0 Å². The van der Waals surface area contributed by atoms with Gasteiger partial charge in [0, 0.05) is 12.3 Å². The van der Waals surface area contributed by atoms with E-state index in [4.69, 9.17) is 0 Å². The summed E-state index contributed by atoms with van der Waals surface area (Å²) in [5.41, 5.74) is 1.40. The number of nitrogens with one attached hydrogen (secondary N) is 1. The van der Waals surface area contributed by atoms with Crippen LogP contribution >= 0.6 is 0 Å². The van der Waals surface area contributed by atoms with Gasteiger partial charge in [-0.2, -0.15) is 0 Å². The highest BCUT2D eigenvalue weighted by molar-refractivity contribution is 5.90. The Labute approximate surface area is 129 Å². The minimum absolute atomic E-state index is 0.0219. The minimum atomic E-state index is -0.315. The fourth-order valence-electron chi connectivity index (χ4n) is 3.02. The Kier molecular flexibility index (Phi) is 7.69. The zero-order valence-corrected chi connectivity index (χ0v) is 14.1. The van der Waals surface area contributed by atoms with Crippen molar-refractivity contribution < 1.29 is 9.59 Å². The SMILES string of the molecule is CCC(CC)[C@H](NC(=O)CCC1=CCCC1)C(=O)C(C)C. The summed E-state index contributed by atoms with van der Waals surface area (Å²) in [6.45, 7) is 7.99. The van der Waals surface area contributed by atoms with Gasteiger partial charge >= 0.3 is 0 Å². The van der Waals surface area contributed by atoms with E-state index in [1.807, 2.05) is 13.8 Å². The molecule has 0 unspecified atom stereocenters. The van der Waals surface area contributed by atoms with Crippen molar-refractivity contribution in [1.82, 2.24) is 5.32 Å². The molecule has 1 rings (SSSR count). The Bertz CT molecular complexity index is 381. The first-order valence-corrected chi connectivity index (χ1v) is 8.50. The summed E-state index contributed by atoms with van der Waals surface area (Å²) < 4.78 is 0. The molecule has 120 valence electrons. The Balaban J connectivity index is 2.57. The van der Waals surface area contributed by atoms with Gasteiger partial charge in [-0.15, -0.1) is 0 Å². The van der Waals surface area contributed by atoms with Crippen molar-refractivity contribution >= 4 is 11.7 Å². The van der Waals surface area contributed by atoms with Crippen LogP contribution in [0.5, 0.6) is 0 Å². The van der Waals surface area contributed by atoms with Crippen LogP contribution in [0.2, 0.25) is 0 Å². The first kappa shape index (κ1) is 17.9. The summed E-state index contributed by atoms with van der Waals surface area (Å²) in [5, 5.41) is 3.01. The summed E-state index contributed by atoms with van der Waals surface area (Å²) in [7, 11) is 0. The summed E-state index contributed by atoms with van der Waals surface area (Å²) >= 11 is 0. The summed E-state index contributed by atoms with van der Waals surface area (Å²) in [6, 6.07) is -0.315. The van der Waals surface area contributed by atoms with Gasteiger partial charge in [-0.05, 0) is 31.6 Å². The average Bonchev–Trinajstić information content (AvgIpc) is 2.97. The fraction of sp³-hybridized carbons (Fsp3) is 0.778. The van der Waals surface area contributed by atoms with Crippen LogP contribution in [0.3, 0.4) is 0 Å². The van der Waals surface area contributed by atoms with Crippen LogP contribution in [0.4, 0.5) is 0 Å². The van der Waals surface area contributed by atoms with Crippen molar-refractivity contribution in [1.29, 1.82) is 0 Å². The number of ketones is 1. The Hall–Kier alpha value is -1.12. The molecular weight excluding hydrogens is 262 g/mol. The molecule has 0 aromatic rings. The third-order valence-electron chi connectivity index (χ3n) is 4.52. The molecule has 0 aliphatic heterocycles. The van der Waals surface area contributed by atoms with Gasteiger partial charge in [-0.25, -0.2) is 0 Å². The highest BCUT2D eigenvalue weighted by atomic mass is 16.2. The van der Waals surface area contributed by atoms with E-state index < -0.39 is 0 Å². The van der Waals surface area contributed by atoms with Crippen LogP contribution in [-0.2, 0) is 9.59 Å². The Morgan fingerprint density at radius 1 is 1.24 bits per heavy atom. The zero-order chi connectivity index (χ0) is 15.8. The van der Waals surface area contributed by atoms with E-state index in [2.05, 4.69) is 25.2 Å². The molecular formula is C18H31NO2. The molecule has 1 aliphatic carbocycles. The van der Waals surface area contributed by atoms with E-state index in [9.17, 15) is 9.59 Å². The zero-order valence-electron chi connectivity index (χ0n) is 14.1. The molecule has 0 fully saturated rings. The second-order valence-electron chi connectivity index (χ2n) is 6.43. The van der Waals surface area contributed by atoms with Gasteiger partial charge in [0.15, 0.2) is 5.78 Å². The number of carbonyl (C=O) groups is 2. The molecule has 0 bridgehead atoms. The molecule has 3 nitrogen and oxygen atoms in total. The molecule has 3 heteroatoms. The van der Waals surface area contributed by atoms with Gasteiger partial charge in [0.1, 0.15) is 0 Å². The minimum Gasteiger partial charge on any atom is -0.346 e. The lowest BCUT2D eigenvalue weighted by molar-refractivity contribution is -0.130. The lowest BCUT2D eigenvalue weighted by atomic mass is 9.87. The average molecular weight is 293 g/mol. The van der Waals surface area contributed by atoms with Crippen molar-refractivity contribution in [2.24, 2.45) is 11.8 Å². The lowest BCUT2D eigenvalue weighted by Gasteiger charge is -2.26. The fourth-order valence-corrected chi connectivity index (χ4v) is 3.02. The molecule has 1 atom stereocenters. The quantitative estimate of drug-likeness (QED) is 0.653. The van der Waals surface area contributed by atoms with Crippen molar-refractivity contribution in [2.45, 2.75) is 78.7 Å². The Morgan fingerprint density at radius 3 is 2.38 bits per heavy atom. The molecule has 21 heavy (non-hydrogen) atoms. The van der Waals surface area contributed by atoms with Gasteiger partial charge in [0.2, 0.25) is 5.91 Å². The van der Waals surface area contributed by atoms with Crippen molar-refractivity contribution in [3.63, 3.8) is 0 Å². The number of hydrogen-bond acceptors (Lipinski definition) is 2. The predicted octanol–water partition coefficient (Wildman–Crippen LogP) is 4.02. The number of amides is 1. The second kappa shape index (κ2) is 9.01. The van der Waals surface area contributed by atoms with Crippen LogP contribution < -0.4 is 5.32 Å². The molecule has 0 heterocycles. The molecule has 1 amide bonds. The molecule has 0 saturated heterocycles. The van der Waals surface area contributed by atoms with E-state index in [1.54, 1.807) is 0 Å². The maximum atomic E-state index is 12.4. The van der Waals surface area contributed by atoms with Crippen molar-refractivity contribution in [3.8, 4) is 0 Å². The molecule has 1 N–H and O–H groups in total. The summed E-state index contributed by atoms with van der Waals surface area (Å²) in [6.07, 6.45) is 8.96. The summed E-state index contributed by atoms with van der Waals surface area (Å²) in [4.78, 5) is 24.6. The number of rotatable bonds is 9. The third-order valence-corrected chi connectivity index (χ3v) is 4.52. The Morgan fingerprint density at radius 2 is 1.90 bits per heavy atom. The summed E-state index contributed by atoms with van der Waals surface area (Å²) in [5.74, 6) is 0.397. The van der Waals surface area contributed by atoms with E-state index in [0.717, 1.165) is 32.1 Å². The highest BCUT2D eigenvalue weighted by Crippen LogP contribution is 2.22. The van der Waals surface area contributed by atoms with Crippen LogP contribution in [0.25, 0.3) is 0 Å². The molecule has 0 spiro atoms. The topological polar surface area (TPSA) is 46.2 Å². The number of carbonyl (C=O) groups excluding carboxylic acids is 2. The number of Topliss-reactive ketones (excluding diaryl/α,β-unsaturated/α-hetero) is 1. The van der Waals surface area contributed by atoms with E-state index in [1.165, 1.54) is 12.0 Å². The van der Waals surface area contributed by atoms with Gasteiger partial charge in [-0.1, -0.05) is 52.2 Å². The van der Waals surface area contributed by atoms with Gasteiger partial charge in [-0.3, -0.25) is 9.59 Å². The largest absolute Gasteiger partial charge is 0.346 e. The standard InChI is InChI=1S/C18H31NO2/c1-5-15(6-2)17(18(21)13(3)4)19-16(20)12-11-14-9-7-8-10-14/h9,13,15,17H,5-8,10-12H2,1-4H3,(H,19,20)/t17-/m0/s1. The molecule has 1 aliphatic rings. The smallest absolute Gasteiger partial charge is 0.220 e. The van der Waals surface area contributed by atoms with Crippen LogP contribution in [0.15, 0.2) is 11.6 Å². The van der Waals surface area contributed by atoms with Gasteiger partial charge in [0.05, 0.1) is 6.04 Å². The highest BCUT2D eigenvalue weighted by Gasteiger charge is 2.29. The van der Waals surface area contributed by atoms with Crippen LogP contribution in [0.1, 0.15) is 72.6 Å². The molecule has 0 saturated carbocycles. The monoisotopic (exact) mass is 293 g/mol. The third kappa shape index (κ3) is 5.64. The second-order valence-corrected chi connectivity index (χ2v) is 6.43. The lowest BCUT2D eigenvalue weighted by Crippen LogP contribution is -2.47.